The van der Waals surface area contributed by atoms with E-state index in [-0.39, 0.29) is 23.5 Å². The number of ketones is 1. The molecule has 0 bridgehead atoms. The molecular formula is C25H30N4O4S. The molecule has 0 fully saturated rings. The van der Waals surface area contributed by atoms with Crippen LogP contribution in [0, 0.1) is 5.92 Å². The maximum atomic E-state index is 12.5. The van der Waals surface area contributed by atoms with Gasteiger partial charge in [0, 0.05) is 23.9 Å². The summed E-state index contributed by atoms with van der Waals surface area (Å²) >= 11 is 1.31. The lowest BCUT2D eigenvalue weighted by Gasteiger charge is -2.18. The van der Waals surface area contributed by atoms with Crippen molar-refractivity contribution in [1.82, 2.24) is 14.8 Å². The number of Topliss-reactive ketones (excluding diaryl/α,β-unsaturated/α-hetero) is 1. The van der Waals surface area contributed by atoms with Crippen molar-refractivity contribution in [1.29, 1.82) is 0 Å². The average molecular weight is 483 g/mol. The molecule has 1 unspecified atom stereocenters. The Hall–Kier alpha value is -3.33. The number of ether oxygens (including phenoxy) is 2. The lowest BCUT2D eigenvalue weighted by Crippen LogP contribution is -2.17. The Morgan fingerprint density at radius 3 is 2.50 bits per heavy atom. The van der Waals surface area contributed by atoms with Gasteiger partial charge in [-0.2, -0.15) is 0 Å². The molecule has 0 spiro atoms. The van der Waals surface area contributed by atoms with E-state index in [2.05, 4.69) is 29.4 Å². The molecule has 0 aliphatic carbocycles. The van der Waals surface area contributed by atoms with Crippen molar-refractivity contribution in [3.63, 3.8) is 0 Å². The summed E-state index contributed by atoms with van der Waals surface area (Å²) in [6.45, 7) is 8.33. The summed E-state index contributed by atoms with van der Waals surface area (Å²) in [5.74, 6) is 2.34. The van der Waals surface area contributed by atoms with Crippen LogP contribution in [0.3, 0.4) is 0 Å². The first-order valence-corrected chi connectivity index (χ1v) is 12.0. The van der Waals surface area contributed by atoms with Crippen molar-refractivity contribution in [2.75, 3.05) is 18.2 Å². The smallest absolute Gasteiger partial charge is 0.234 e. The third-order valence-electron chi connectivity index (χ3n) is 4.90. The normalized spacial score (nSPS) is 11.8. The summed E-state index contributed by atoms with van der Waals surface area (Å²) in [5, 5.41) is 12.2. The second-order valence-corrected chi connectivity index (χ2v) is 9.20. The largest absolute Gasteiger partial charge is 0.497 e. The van der Waals surface area contributed by atoms with E-state index in [1.807, 2.05) is 35.8 Å². The number of thioether (sulfide) groups is 1. The van der Waals surface area contributed by atoms with Gasteiger partial charge in [-0.1, -0.05) is 43.8 Å². The standard InChI is InChI=1S/C25H30N4O4S/c1-16(2)14-29-24(18(4)33-22-11-7-10-21(13-22)32-5)27-28-25(29)34-15-23(31)26-20-9-6-8-19(12-20)17(3)30/h6-13,16,18H,14-15H2,1-5H3,(H,26,31). The number of carbonyl (C=O) groups excluding carboxylic acids is 2. The van der Waals surface area contributed by atoms with Gasteiger partial charge in [-0.3, -0.25) is 9.59 Å². The van der Waals surface area contributed by atoms with Gasteiger partial charge < -0.3 is 19.4 Å². The van der Waals surface area contributed by atoms with Crippen LogP contribution in [0.1, 0.15) is 50.0 Å². The zero-order valence-electron chi connectivity index (χ0n) is 20.1. The predicted molar refractivity (Wildman–Crippen MR) is 133 cm³/mol. The first-order valence-electron chi connectivity index (χ1n) is 11.0. The summed E-state index contributed by atoms with van der Waals surface area (Å²) in [6.07, 6.45) is -0.351. The summed E-state index contributed by atoms with van der Waals surface area (Å²) < 4.78 is 13.4. The third kappa shape index (κ3) is 6.84. The molecule has 1 atom stereocenters. The molecule has 0 saturated carbocycles. The summed E-state index contributed by atoms with van der Waals surface area (Å²) in [6, 6.07) is 14.3. The van der Waals surface area contributed by atoms with E-state index in [1.54, 1.807) is 31.4 Å². The number of hydrogen-bond acceptors (Lipinski definition) is 7. The number of rotatable bonds is 11. The second kappa shape index (κ2) is 11.7. The zero-order valence-corrected chi connectivity index (χ0v) is 20.9. The van der Waals surface area contributed by atoms with Gasteiger partial charge in [0.25, 0.3) is 0 Å². The van der Waals surface area contributed by atoms with Crippen molar-refractivity contribution < 1.29 is 19.1 Å². The third-order valence-corrected chi connectivity index (χ3v) is 5.86. The van der Waals surface area contributed by atoms with Gasteiger partial charge in [-0.15, -0.1) is 10.2 Å². The maximum Gasteiger partial charge on any atom is 0.234 e. The Morgan fingerprint density at radius 2 is 1.79 bits per heavy atom. The highest BCUT2D eigenvalue weighted by atomic mass is 32.2. The molecular weight excluding hydrogens is 452 g/mol. The van der Waals surface area contributed by atoms with Crippen molar-refractivity contribution in [3.8, 4) is 11.5 Å². The highest BCUT2D eigenvalue weighted by Gasteiger charge is 2.21. The van der Waals surface area contributed by atoms with Crippen LogP contribution in [-0.2, 0) is 11.3 Å². The van der Waals surface area contributed by atoms with Crippen molar-refractivity contribution in [3.05, 3.63) is 59.9 Å². The molecule has 8 nitrogen and oxygen atoms in total. The quantitative estimate of drug-likeness (QED) is 0.303. The van der Waals surface area contributed by atoms with Gasteiger partial charge >= 0.3 is 0 Å². The molecule has 3 rings (SSSR count). The number of methoxy groups -OCH3 is 1. The van der Waals surface area contributed by atoms with Crippen molar-refractivity contribution >= 4 is 29.1 Å². The van der Waals surface area contributed by atoms with E-state index in [1.165, 1.54) is 18.7 Å². The van der Waals surface area contributed by atoms with Crippen LogP contribution in [0.15, 0.2) is 53.7 Å². The fourth-order valence-corrected chi connectivity index (χ4v) is 4.07. The van der Waals surface area contributed by atoms with E-state index >= 15 is 0 Å². The van der Waals surface area contributed by atoms with Crippen LogP contribution in [-0.4, -0.2) is 39.3 Å². The Morgan fingerprint density at radius 1 is 1.06 bits per heavy atom. The van der Waals surface area contributed by atoms with Gasteiger partial charge in [0.2, 0.25) is 5.91 Å². The summed E-state index contributed by atoms with van der Waals surface area (Å²) in [5.41, 5.74) is 1.14. The number of carbonyl (C=O) groups is 2. The van der Waals surface area contributed by atoms with E-state index < -0.39 is 0 Å². The SMILES string of the molecule is COc1cccc(OC(C)c2nnc(SCC(=O)Nc3cccc(C(C)=O)c3)n2CC(C)C)c1. The van der Waals surface area contributed by atoms with Crippen molar-refractivity contribution in [2.45, 2.75) is 45.5 Å². The molecule has 34 heavy (non-hydrogen) atoms. The molecule has 3 aromatic rings. The number of anilines is 1. The van der Waals surface area contributed by atoms with Crippen LogP contribution in [0.25, 0.3) is 0 Å². The Bertz CT molecular complexity index is 1150. The molecule has 1 amide bonds. The molecule has 180 valence electrons. The molecule has 0 saturated heterocycles. The fraction of sp³-hybridized carbons (Fsp3) is 0.360. The first kappa shape index (κ1) is 25.3. The minimum Gasteiger partial charge on any atom is -0.497 e. The Balaban J connectivity index is 1.70. The predicted octanol–water partition coefficient (Wildman–Crippen LogP) is 5.02. The molecule has 2 aromatic carbocycles. The van der Waals surface area contributed by atoms with E-state index in [9.17, 15) is 9.59 Å². The molecule has 0 radical (unpaired) electrons. The monoisotopic (exact) mass is 482 g/mol. The molecule has 1 aromatic heterocycles. The van der Waals surface area contributed by atoms with Gasteiger partial charge in [-0.05, 0) is 44.0 Å². The number of benzene rings is 2. The molecule has 1 heterocycles. The van der Waals surface area contributed by atoms with Crippen molar-refractivity contribution in [2.24, 2.45) is 5.92 Å². The highest BCUT2D eigenvalue weighted by Crippen LogP contribution is 2.27. The molecule has 0 aliphatic heterocycles. The minimum atomic E-state index is -0.351. The van der Waals surface area contributed by atoms with Crippen LogP contribution in [0.4, 0.5) is 5.69 Å². The van der Waals surface area contributed by atoms with Crippen LogP contribution >= 0.6 is 11.8 Å². The molecule has 1 N–H and O–H groups in total. The number of nitrogens with one attached hydrogen (secondary N) is 1. The first-order chi connectivity index (χ1) is 16.3. The van der Waals surface area contributed by atoms with Gasteiger partial charge in [0.1, 0.15) is 11.5 Å². The number of aromatic nitrogens is 3. The fourth-order valence-electron chi connectivity index (χ4n) is 3.32. The highest BCUT2D eigenvalue weighted by molar-refractivity contribution is 7.99. The molecule has 0 aliphatic rings. The summed E-state index contributed by atoms with van der Waals surface area (Å²) in [7, 11) is 1.61. The van der Waals surface area contributed by atoms with Gasteiger partial charge in [-0.25, -0.2) is 0 Å². The Kier molecular flexibility index (Phi) is 8.70. The Labute approximate surface area is 204 Å². The maximum absolute atomic E-state index is 12.5. The average Bonchev–Trinajstić information content (AvgIpc) is 3.19. The lowest BCUT2D eigenvalue weighted by molar-refractivity contribution is -0.113. The lowest BCUT2D eigenvalue weighted by atomic mass is 10.1. The van der Waals surface area contributed by atoms with Crippen LogP contribution in [0.5, 0.6) is 11.5 Å². The van der Waals surface area contributed by atoms with E-state index in [4.69, 9.17) is 9.47 Å². The van der Waals surface area contributed by atoms with Gasteiger partial charge in [0.05, 0.1) is 12.9 Å². The molecule has 9 heteroatoms. The van der Waals surface area contributed by atoms with E-state index in [0.29, 0.717) is 46.2 Å². The summed E-state index contributed by atoms with van der Waals surface area (Å²) in [4.78, 5) is 24.1. The minimum absolute atomic E-state index is 0.0509. The van der Waals surface area contributed by atoms with E-state index in [0.717, 1.165) is 0 Å². The number of nitrogens with zero attached hydrogens (tertiary/aromatic N) is 3. The second-order valence-electron chi connectivity index (χ2n) is 8.26. The van der Waals surface area contributed by atoms with Crippen LogP contribution < -0.4 is 14.8 Å². The zero-order chi connectivity index (χ0) is 24.7. The number of amides is 1. The van der Waals surface area contributed by atoms with Gasteiger partial charge in [0.15, 0.2) is 22.9 Å². The van der Waals surface area contributed by atoms with Crippen LogP contribution in [0.2, 0.25) is 0 Å². The number of hydrogen-bond donors (Lipinski definition) is 1. The topological polar surface area (TPSA) is 95.3 Å².